The number of rotatable bonds is 5. The fraction of sp³-hybridized carbons (Fsp3) is 0.150. The van der Waals surface area contributed by atoms with Gasteiger partial charge in [-0.2, -0.15) is 0 Å². The lowest BCUT2D eigenvalue weighted by Gasteiger charge is -2.32. The molecule has 8 rings (SSSR count). The molecule has 7 aromatic rings. The van der Waals surface area contributed by atoms with Crippen molar-refractivity contribution in [1.29, 1.82) is 0 Å². The van der Waals surface area contributed by atoms with Gasteiger partial charge < -0.3 is 9.31 Å². The van der Waals surface area contributed by atoms with Crippen molar-refractivity contribution in [1.82, 2.24) is 14.6 Å². The summed E-state index contributed by atoms with van der Waals surface area (Å²) in [6.07, 6.45) is 2.07. The maximum atomic E-state index is 6.45. The summed E-state index contributed by atoms with van der Waals surface area (Å²) in [7, 11) is -0.433. The molecule has 0 saturated carbocycles. The summed E-state index contributed by atoms with van der Waals surface area (Å²) in [5.41, 5.74) is 8.61. The largest absolute Gasteiger partial charge is 0.495 e. The second kappa shape index (κ2) is 10.8. The van der Waals surface area contributed by atoms with E-state index in [2.05, 4.69) is 149 Å². The quantitative estimate of drug-likeness (QED) is 0.186. The van der Waals surface area contributed by atoms with Crippen LogP contribution in [0.25, 0.3) is 61.2 Å². The number of pyridine rings is 1. The fourth-order valence-electron chi connectivity index (χ4n) is 6.31. The van der Waals surface area contributed by atoms with Crippen LogP contribution in [0.1, 0.15) is 27.7 Å². The van der Waals surface area contributed by atoms with Crippen molar-refractivity contribution in [3.8, 4) is 44.8 Å². The highest BCUT2D eigenvalue weighted by molar-refractivity contribution is 6.65. The average Bonchev–Trinajstić information content (AvgIpc) is 3.61. The number of nitrogens with zero attached hydrogens (tertiary/aromatic N) is 3. The van der Waals surface area contributed by atoms with E-state index in [9.17, 15) is 0 Å². The Labute approximate surface area is 269 Å². The molecule has 5 nitrogen and oxygen atoms in total. The number of aromatic nitrogens is 3. The Morgan fingerprint density at radius 2 is 1.15 bits per heavy atom. The van der Waals surface area contributed by atoms with Crippen molar-refractivity contribution in [3.05, 3.63) is 134 Å². The van der Waals surface area contributed by atoms with Gasteiger partial charge in [0.1, 0.15) is 0 Å². The zero-order valence-corrected chi connectivity index (χ0v) is 26.4. The Balaban J connectivity index is 1.23. The van der Waals surface area contributed by atoms with Crippen molar-refractivity contribution < 1.29 is 9.31 Å². The van der Waals surface area contributed by atoms with Gasteiger partial charge in [0.15, 0.2) is 11.5 Å². The van der Waals surface area contributed by atoms with Crippen LogP contribution in [0.5, 0.6) is 0 Å². The van der Waals surface area contributed by atoms with E-state index < -0.39 is 18.3 Å². The Bertz CT molecular complexity index is 2210. The molecule has 1 aliphatic heterocycles. The molecular formula is C40H34BN3O2. The van der Waals surface area contributed by atoms with Gasteiger partial charge in [0.05, 0.1) is 11.2 Å². The third-order valence-electron chi connectivity index (χ3n) is 9.52. The summed E-state index contributed by atoms with van der Waals surface area (Å²) in [4.78, 5) is 5.10. The molecule has 0 N–H and O–H groups in total. The Kier molecular flexibility index (Phi) is 6.68. The summed E-state index contributed by atoms with van der Waals surface area (Å²) >= 11 is 0. The van der Waals surface area contributed by atoms with Crippen LogP contribution in [0.15, 0.2) is 134 Å². The molecule has 5 aromatic carbocycles. The number of benzene rings is 5. The molecule has 1 saturated heterocycles. The third kappa shape index (κ3) is 4.82. The summed E-state index contributed by atoms with van der Waals surface area (Å²) in [6.45, 7) is 8.36. The second-order valence-corrected chi connectivity index (χ2v) is 13.0. The van der Waals surface area contributed by atoms with Gasteiger partial charge in [-0.1, -0.05) is 115 Å². The van der Waals surface area contributed by atoms with Crippen LogP contribution >= 0.6 is 0 Å². The van der Waals surface area contributed by atoms with E-state index >= 15 is 0 Å². The molecule has 0 unspecified atom stereocenters. The van der Waals surface area contributed by atoms with Crippen LogP contribution in [0.2, 0.25) is 0 Å². The molecule has 224 valence electrons. The minimum absolute atomic E-state index is 0.408. The number of hydrogen-bond donors (Lipinski definition) is 0. The zero-order chi connectivity index (χ0) is 31.5. The van der Waals surface area contributed by atoms with Crippen LogP contribution in [0.3, 0.4) is 0 Å². The molecule has 0 bridgehead atoms. The molecule has 0 radical (unpaired) electrons. The summed E-state index contributed by atoms with van der Waals surface area (Å²) < 4.78 is 14.8. The van der Waals surface area contributed by atoms with E-state index in [-0.39, 0.29) is 0 Å². The fourth-order valence-corrected chi connectivity index (χ4v) is 6.31. The van der Waals surface area contributed by atoms with Gasteiger partial charge in [0, 0.05) is 22.9 Å². The highest BCUT2D eigenvalue weighted by atomic mass is 16.7. The van der Waals surface area contributed by atoms with E-state index in [0.717, 1.165) is 60.8 Å². The van der Waals surface area contributed by atoms with Gasteiger partial charge >= 0.3 is 7.12 Å². The van der Waals surface area contributed by atoms with E-state index in [1.165, 1.54) is 0 Å². The molecular weight excluding hydrogens is 565 g/mol. The molecule has 0 atom stereocenters. The first-order valence-corrected chi connectivity index (χ1v) is 15.8. The maximum Gasteiger partial charge on any atom is 0.495 e. The average molecular weight is 600 g/mol. The topological polar surface area (TPSA) is 48.7 Å². The smallest absolute Gasteiger partial charge is 0.399 e. The first-order valence-electron chi connectivity index (χ1n) is 15.8. The Hall–Kier alpha value is -5.04. The van der Waals surface area contributed by atoms with Crippen LogP contribution in [-0.4, -0.2) is 32.9 Å². The van der Waals surface area contributed by atoms with Crippen molar-refractivity contribution in [3.63, 3.8) is 0 Å². The minimum atomic E-state index is -0.433. The first kappa shape index (κ1) is 28.4. The van der Waals surface area contributed by atoms with Crippen molar-refractivity contribution in [2.24, 2.45) is 0 Å². The Morgan fingerprint density at radius 1 is 0.543 bits per heavy atom. The molecule has 3 heterocycles. The molecule has 0 aliphatic carbocycles. The SMILES string of the molecule is CC1(C)OB(c2cccc3c(-c4cccc(-c5nc6c(-c7ccccc7)cc(-c7ccccc7)cn6n5)c4)cccc23)OC1(C)C. The van der Waals surface area contributed by atoms with Gasteiger partial charge in [0.25, 0.3) is 0 Å². The van der Waals surface area contributed by atoms with Gasteiger partial charge in [-0.3, -0.25) is 0 Å². The lowest BCUT2D eigenvalue weighted by Crippen LogP contribution is -2.41. The van der Waals surface area contributed by atoms with E-state index in [1.54, 1.807) is 0 Å². The zero-order valence-electron chi connectivity index (χ0n) is 26.4. The van der Waals surface area contributed by atoms with Gasteiger partial charge in [-0.15, -0.1) is 5.10 Å². The van der Waals surface area contributed by atoms with Crippen LogP contribution in [0.4, 0.5) is 0 Å². The van der Waals surface area contributed by atoms with Gasteiger partial charge in [-0.25, -0.2) is 9.50 Å². The molecule has 0 spiro atoms. The highest BCUT2D eigenvalue weighted by Gasteiger charge is 2.52. The lowest BCUT2D eigenvalue weighted by atomic mass is 9.75. The molecule has 6 heteroatoms. The second-order valence-electron chi connectivity index (χ2n) is 13.0. The standard InChI is InChI=1S/C40H34BN3O2/c1-39(2)40(3,4)46-41(45-39)36-23-13-21-33-32(20-12-22-34(33)36)29-18-11-19-30(24-29)37-42-38-35(28-16-9-6-10-17-28)25-31(26-44(38)43-37)27-14-7-5-8-15-27/h5-26H,1-4H3. The van der Waals surface area contributed by atoms with E-state index in [0.29, 0.717) is 5.82 Å². The molecule has 46 heavy (non-hydrogen) atoms. The predicted octanol–water partition coefficient (Wildman–Crippen LogP) is 8.85. The maximum absolute atomic E-state index is 6.45. The van der Waals surface area contributed by atoms with Gasteiger partial charge in [0.2, 0.25) is 0 Å². The summed E-state index contributed by atoms with van der Waals surface area (Å²) in [5, 5.41) is 7.29. The van der Waals surface area contributed by atoms with Crippen LogP contribution in [0, 0.1) is 0 Å². The number of fused-ring (bicyclic) bond motifs is 2. The molecule has 1 fully saturated rings. The van der Waals surface area contributed by atoms with Gasteiger partial charge in [-0.05, 0) is 78.3 Å². The van der Waals surface area contributed by atoms with Crippen molar-refractivity contribution in [2.45, 2.75) is 38.9 Å². The van der Waals surface area contributed by atoms with E-state index in [1.807, 2.05) is 16.6 Å². The van der Waals surface area contributed by atoms with E-state index in [4.69, 9.17) is 19.4 Å². The normalized spacial score (nSPS) is 15.5. The van der Waals surface area contributed by atoms with Crippen molar-refractivity contribution in [2.75, 3.05) is 0 Å². The Morgan fingerprint density at radius 3 is 1.89 bits per heavy atom. The lowest BCUT2D eigenvalue weighted by molar-refractivity contribution is 0.00578. The highest BCUT2D eigenvalue weighted by Crippen LogP contribution is 2.38. The van der Waals surface area contributed by atoms with Crippen LogP contribution in [-0.2, 0) is 9.31 Å². The summed E-state index contributed by atoms with van der Waals surface area (Å²) in [5.74, 6) is 0.683. The monoisotopic (exact) mass is 599 g/mol. The van der Waals surface area contributed by atoms with Crippen LogP contribution < -0.4 is 5.46 Å². The summed E-state index contributed by atoms with van der Waals surface area (Å²) in [6, 6.07) is 44.3. The molecule has 2 aromatic heterocycles. The first-order chi connectivity index (χ1) is 22.3. The minimum Gasteiger partial charge on any atom is -0.399 e. The molecule has 1 aliphatic rings. The molecule has 0 amide bonds. The predicted molar refractivity (Wildman–Crippen MR) is 188 cm³/mol. The van der Waals surface area contributed by atoms with Crippen molar-refractivity contribution >= 4 is 29.0 Å². The number of hydrogen-bond acceptors (Lipinski definition) is 4. The third-order valence-corrected chi connectivity index (χ3v) is 9.52.